The average Bonchev–Trinajstić information content (AvgIpc) is 3.18. The fourth-order valence-corrected chi connectivity index (χ4v) is 3.73. The molecule has 0 aromatic heterocycles. The summed E-state index contributed by atoms with van der Waals surface area (Å²) in [5.41, 5.74) is 0.473. The molecule has 166 valence electrons. The van der Waals surface area contributed by atoms with Crippen LogP contribution in [0, 0.1) is 0 Å². The van der Waals surface area contributed by atoms with E-state index in [1.165, 1.54) is 0 Å². The molecule has 2 aromatic rings. The van der Waals surface area contributed by atoms with E-state index >= 15 is 0 Å². The minimum Gasteiger partial charge on any atom is -0.494 e. The summed E-state index contributed by atoms with van der Waals surface area (Å²) >= 11 is 6.14. The number of carbonyl (C=O) groups excluding carboxylic acids is 2. The third-order valence-electron chi connectivity index (χ3n) is 5.01. The molecule has 1 fully saturated rings. The maximum Gasteiger partial charge on any atom is 0.239 e. The molecular weight excluding hydrogens is 418 g/mol. The number of carbonyl (C=O) groups is 2. The van der Waals surface area contributed by atoms with Gasteiger partial charge in [-0.15, -0.1) is 0 Å². The summed E-state index contributed by atoms with van der Waals surface area (Å²) in [6, 6.07) is 12.0. The number of ether oxygens (including phenoxy) is 2. The number of hydrogen-bond donors (Lipinski definition) is 1. The second-order valence-corrected chi connectivity index (χ2v) is 7.99. The molecule has 8 heteroatoms. The van der Waals surface area contributed by atoms with Crippen LogP contribution in [0.1, 0.15) is 19.8 Å². The number of amides is 2. The molecule has 1 saturated heterocycles. The zero-order chi connectivity index (χ0) is 22.4. The Hall–Kier alpha value is -2.77. The lowest BCUT2D eigenvalue weighted by atomic mass is 10.2. The molecule has 0 saturated carbocycles. The number of halogens is 1. The highest BCUT2D eigenvalue weighted by molar-refractivity contribution is 6.31. The number of nitrogens with one attached hydrogen (secondary N) is 1. The van der Waals surface area contributed by atoms with Crippen molar-refractivity contribution in [2.75, 3.05) is 39.1 Å². The first-order valence-electron chi connectivity index (χ1n) is 10.3. The second kappa shape index (κ2) is 10.5. The molecule has 0 spiro atoms. The van der Waals surface area contributed by atoms with E-state index in [1.807, 2.05) is 24.0 Å². The van der Waals surface area contributed by atoms with Gasteiger partial charge in [-0.3, -0.25) is 14.5 Å². The van der Waals surface area contributed by atoms with Crippen LogP contribution < -0.4 is 14.8 Å². The average molecular weight is 446 g/mol. The van der Waals surface area contributed by atoms with E-state index in [1.54, 1.807) is 49.3 Å². The van der Waals surface area contributed by atoms with Gasteiger partial charge in [-0.2, -0.15) is 0 Å². The lowest BCUT2D eigenvalue weighted by Gasteiger charge is -2.25. The molecule has 1 N–H and O–H groups in total. The van der Waals surface area contributed by atoms with Crippen molar-refractivity contribution < 1.29 is 19.1 Å². The van der Waals surface area contributed by atoms with Gasteiger partial charge < -0.3 is 19.7 Å². The molecule has 1 aliphatic rings. The summed E-state index contributed by atoms with van der Waals surface area (Å²) in [5, 5.41) is 3.36. The lowest BCUT2D eigenvalue weighted by Crippen LogP contribution is -2.45. The maximum absolute atomic E-state index is 12.7. The van der Waals surface area contributed by atoms with E-state index in [0.717, 1.165) is 18.6 Å². The van der Waals surface area contributed by atoms with Gasteiger partial charge in [0.05, 0.1) is 24.9 Å². The Labute approximate surface area is 187 Å². The second-order valence-electron chi connectivity index (χ2n) is 7.56. The number of likely N-dealkylation sites (N-methyl/N-ethyl adjacent to an activating group) is 1. The molecule has 0 unspecified atom stereocenters. The number of rotatable bonds is 8. The predicted octanol–water partition coefficient (Wildman–Crippen LogP) is 4.02. The Morgan fingerprint density at radius 2 is 1.87 bits per heavy atom. The van der Waals surface area contributed by atoms with Crippen molar-refractivity contribution in [2.45, 2.75) is 25.8 Å². The van der Waals surface area contributed by atoms with Crippen molar-refractivity contribution in [1.29, 1.82) is 0 Å². The van der Waals surface area contributed by atoms with Gasteiger partial charge in [0.15, 0.2) is 5.75 Å². The fraction of sp³-hybridized carbons (Fsp3) is 0.391. The van der Waals surface area contributed by atoms with Crippen molar-refractivity contribution in [3.05, 3.63) is 47.5 Å². The Bertz CT molecular complexity index is 918. The highest BCUT2D eigenvalue weighted by Gasteiger charge is 2.32. The van der Waals surface area contributed by atoms with Crippen molar-refractivity contribution in [3.63, 3.8) is 0 Å². The quantitative estimate of drug-likeness (QED) is 0.664. The van der Waals surface area contributed by atoms with Gasteiger partial charge in [0.25, 0.3) is 0 Å². The molecule has 3 rings (SSSR count). The Morgan fingerprint density at radius 3 is 2.55 bits per heavy atom. The van der Waals surface area contributed by atoms with Crippen molar-refractivity contribution in [2.24, 2.45) is 0 Å². The topological polar surface area (TPSA) is 71.1 Å². The van der Waals surface area contributed by atoms with E-state index in [2.05, 4.69) is 5.32 Å². The summed E-state index contributed by atoms with van der Waals surface area (Å²) < 4.78 is 11.4. The van der Waals surface area contributed by atoms with Gasteiger partial charge in [0.2, 0.25) is 11.8 Å². The molecular formula is C23H28ClN3O4. The van der Waals surface area contributed by atoms with Gasteiger partial charge >= 0.3 is 0 Å². The summed E-state index contributed by atoms with van der Waals surface area (Å²) in [6.45, 7) is 3.35. The summed E-state index contributed by atoms with van der Waals surface area (Å²) in [4.78, 5) is 28.6. The standard InChI is InChI=1S/C23H28ClN3O4/c1-4-30-17-8-10-18(11-9-17)31-21-12-7-16(24)14-19(21)25-22(28)15-27-13-5-6-20(27)23(29)26(2)3/h7-12,14,20H,4-6,13,15H2,1-3H3,(H,25,28)/t20-/m1/s1. The monoisotopic (exact) mass is 445 g/mol. The number of hydrogen-bond acceptors (Lipinski definition) is 5. The van der Waals surface area contributed by atoms with E-state index in [4.69, 9.17) is 21.1 Å². The molecule has 2 amide bonds. The van der Waals surface area contributed by atoms with Gasteiger partial charge in [0, 0.05) is 19.1 Å². The molecule has 1 heterocycles. The number of likely N-dealkylation sites (tertiary alicyclic amines) is 1. The highest BCUT2D eigenvalue weighted by Crippen LogP contribution is 2.33. The van der Waals surface area contributed by atoms with Gasteiger partial charge in [-0.25, -0.2) is 0 Å². The zero-order valence-electron chi connectivity index (χ0n) is 18.1. The number of nitrogens with zero attached hydrogens (tertiary/aromatic N) is 2. The molecule has 31 heavy (non-hydrogen) atoms. The van der Waals surface area contributed by atoms with Crippen LogP contribution in [0.3, 0.4) is 0 Å². The Balaban J connectivity index is 1.69. The minimum absolute atomic E-state index is 0.0209. The summed E-state index contributed by atoms with van der Waals surface area (Å²) in [7, 11) is 3.46. The van der Waals surface area contributed by atoms with Crippen LogP contribution >= 0.6 is 11.6 Å². The SMILES string of the molecule is CCOc1ccc(Oc2ccc(Cl)cc2NC(=O)CN2CCC[C@@H]2C(=O)N(C)C)cc1. The molecule has 0 aliphatic carbocycles. The third-order valence-corrected chi connectivity index (χ3v) is 5.25. The van der Waals surface area contributed by atoms with Crippen molar-refractivity contribution in [1.82, 2.24) is 9.80 Å². The summed E-state index contributed by atoms with van der Waals surface area (Å²) in [5.74, 6) is 1.64. The van der Waals surface area contributed by atoms with Crippen LogP contribution in [0.25, 0.3) is 0 Å². The van der Waals surface area contributed by atoms with Crippen molar-refractivity contribution in [3.8, 4) is 17.2 Å². The summed E-state index contributed by atoms with van der Waals surface area (Å²) in [6.07, 6.45) is 1.65. The molecule has 2 aromatic carbocycles. The smallest absolute Gasteiger partial charge is 0.239 e. The first-order chi connectivity index (χ1) is 14.9. The molecule has 1 atom stereocenters. The first-order valence-corrected chi connectivity index (χ1v) is 10.7. The van der Waals surface area contributed by atoms with Crippen molar-refractivity contribution >= 4 is 29.1 Å². The number of benzene rings is 2. The Kier molecular flexibility index (Phi) is 7.76. The van der Waals surface area contributed by atoms with Crippen LogP contribution in [0.5, 0.6) is 17.2 Å². The first kappa shape index (κ1) is 22.9. The zero-order valence-corrected chi connectivity index (χ0v) is 18.8. The van der Waals surface area contributed by atoms with Crippen LogP contribution in [-0.4, -0.2) is 61.4 Å². The third kappa shape index (κ3) is 6.12. The highest BCUT2D eigenvalue weighted by atomic mass is 35.5. The maximum atomic E-state index is 12.7. The van der Waals surface area contributed by atoms with E-state index in [9.17, 15) is 9.59 Å². The van der Waals surface area contributed by atoms with Crippen LogP contribution in [-0.2, 0) is 9.59 Å². The van der Waals surface area contributed by atoms with E-state index in [-0.39, 0.29) is 24.4 Å². The van der Waals surface area contributed by atoms with E-state index < -0.39 is 0 Å². The Morgan fingerprint density at radius 1 is 1.16 bits per heavy atom. The van der Waals surface area contributed by atoms with Crippen LogP contribution in [0.4, 0.5) is 5.69 Å². The van der Waals surface area contributed by atoms with E-state index in [0.29, 0.717) is 35.4 Å². The van der Waals surface area contributed by atoms with Crippen LogP contribution in [0.2, 0.25) is 5.02 Å². The molecule has 1 aliphatic heterocycles. The van der Waals surface area contributed by atoms with Crippen LogP contribution in [0.15, 0.2) is 42.5 Å². The lowest BCUT2D eigenvalue weighted by molar-refractivity contribution is -0.133. The minimum atomic E-state index is -0.264. The van der Waals surface area contributed by atoms with Gasteiger partial charge in [-0.05, 0) is 68.8 Å². The molecule has 0 radical (unpaired) electrons. The largest absolute Gasteiger partial charge is 0.494 e. The molecule has 7 nitrogen and oxygen atoms in total. The predicted molar refractivity (Wildman–Crippen MR) is 121 cm³/mol. The molecule has 0 bridgehead atoms. The number of anilines is 1. The van der Waals surface area contributed by atoms with Gasteiger partial charge in [0.1, 0.15) is 11.5 Å². The van der Waals surface area contributed by atoms with Gasteiger partial charge in [-0.1, -0.05) is 11.6 Å². The normalized spacial score (nSPS) is 16.1. The fourth-order valence-electron chi connectivity index (χ4n) is 3.55.